The third-order valence-electron chi connectivity index (χ3n) is 3.22. The summed E-state index contributed by atoms with van der Waals surface area (Å²) in [6.45, 7) is 9.36. The zero-order valence-electron chi connectivity index (χ0n) is 14.0. The van der Waals surface area contributed by atoms with Crippen molar-refractivity contribution >= 4 is 17.5 Å². The molecule has 2 amide bonds. The van der Waals surface area contributed by atoms with E-state index in [0.717, 1.165) is 5.56 Å². The number of hydrogen-bond donors (Lipinski definition) is 3. The van der Waals surface area contributed by atoms with Crippen LogP contribution in [0.3, 0.4) is 0 Å². The highest BCUT2D eigenvalue weighted by Gasteiger charge is 2.20. The molecule has 0 aliphatic rings. The van der Waals surface area contributed by atoms with Crippen molar-refractivity contribution in [3.05, 3.63) is 29.3 Å². The van der Waals surface area contributed by atoms with Crippen molar-refractivity contribution < 1.29 is 14.7 Å². The second kappa shape index (κ2) is 7.40. The number of aliphatic hydroxyl groups excluding tert-OH is 1. The van der Waals surface area contributed by atoms with E-state index in [0.29, 0.717) is 17.7 Å². The molecule has 0 saturated carbocycles. The summed E-state index contributed by atoms with van der Waals surface area (Å²) < 4.78 is 0. The second-order valence-electron chi connectivity index (χ2n) is 6.83. The summed E-state index contributed by atoms with van der Waals surface area (Å²) in [4.78, 5) is 23.5. The summed E-state index contributed by atoms with van der Waals surface area (Å²) in [7, 11) is 0. The third-order valence-corrected chi connectivity index (χ3v) is 3.22. The number of anilines is 1. The summed E-state index contributed by atoms with van der Waals surface area (Å²) in [5.74, 6) is -0.434. The molecule has 1 unspecified atom stereocenters. The van der Waals surface area contributed by atoms with Gasteiger partial charge in [0.15, 0.2) is 0 Å². The molecule has 1 aromatic rings. The van der Waals surface area contributed by atoms with Gasteiger partial charge in [-0.1, -0.05) is 26.8 Å². The minimum absolute atomic E-state index is 0.00922. The van der Waals surface area contributed by atoms with E-state index >= 15 is 0 Å². The van der Waals surface area contributed by atoms with E-state index in [1.54, 1.807) is 18.2 Å². The van der Waals surface area contributed by atoms with Gasteiger partial charge in [0.1, 0.15) is 0 Å². The molecule has 122 valence electrons. The van der Waals surface area contributed by atoms with Crippen LogP contribution in [-0.2, 0) is 4.79 Å². The van der Waals surface area contributed by atoms with Gasteiger partial charge in [0.25, 0.3) is 5.91 Å². The molecule has 0 radical (unpaired) electrons. The molecule has 0 spiro atoms. The minimum Gasteiger partial charge on any atom is -0.394 e. The molecule has 3 N–H and O–H groups in total. The molecule has 0 bridgehead atoms. The van der Waals surface area contributed by atoms with Crippen molar-refractivity contribution in [2.24, 2.45) is 5.41 Å². The Morgan fingerprint density at radius 1 is 1.27 bits per heavy atom. The highest BCUT2D eigenvalue weighted by Crippen LogP contribution is 2.21. The predicted molar refractivity (Wildman–Crippen MR) is 87.9 cm³/mol. The molecule has 1 rings (SSSR count). The predicted octanol–water partition coefficient (Wildman–Crippen LogP) is 2.48. The summed E-state index contributed by atoms with van der Waals surface area (Å²) in [6, 6.07) is 4.86. The highest BCUT2D eigenvalue weighted by molar-refractivity contribution is 5.97. The number of hydrogen-bond acceptors (Lipinski definition) is 3. The molecule has 0 aliphatic carbocycles. The van der Waals surface area contributed by atoms with Crippen molar-refractivity contribution in [3.8, 4) is 0 Å². The summed E-state index contributed by atoms with van der Waals surface area (Å²) in [6.07, 6.45) is 0.680. The fourth-order valence-corrected chi connectivity index (χ4v) is 2.26. The van der Waals surface area contributed by atoms with Gasteiger partial charge in [0.2, 0.25) is 5.91 Å². The van der Waals surface area contributed by atoms with Crippen LogP contribution in [0, 0.1) is 12.3 Å². The van der Waals surface area contributed by atoms with E-state index in [1.807, 2.05) is 6.92 Å². The molecule has 0 aromatic heterocycles. The molecule has 0 heterocycles. The van der Waals surface area contributed by atoms with Gasteiger partial charge in [-0.2, -0.15) is 0 Å². The average molecular weight is 306 g/mol. The lowest BCUT2D eigenvalue weighted by molar-refractivity contribution is -0.114. The Bertz CT molecular complexity index is 547. The lowest BCUT2D eigenvalue weighted by atomic mass is 9.88. The quantitative estimate of drug-likeness (QED) is 0.782. The maximum absolute atomic E-state index is 12.3. The van der Waals surface area contributed by atoms with Crippen LogP contribution in [0.25, 0.3) is 0 Å². The summed E-state index contributed by atoms with van der Waals surface area (Å²) >= 11 is 0. The van der Waals surface area contributed by atoms with Crippen LogP contribution in [0.5, 0.6) is 0 Å². The van der Waals surface area contributed by atoms with Crippen LogP contribution in [0.15, 0.2) is 18.2 Å². The zero-order chi connectivity index (χ0) is 16.9. The van der Waals surface area contributed by atoms with Crippen molar-refractivity contribution in [2.75, 3.05) is 11.9 Å². The standard InChI is InChI=1S/C17H26N2O3/c1-11-6-7-13(8-15(11)18-12(2)21)16(22)19-14(10-20)9-17(3,4)5/h6-8,14,20H,9-10H2,1-5H3,(H,18,21)(H,19,22). The van der Waals surface area contributed by atoms with Crippen LogP contribution in [-0.4, -0.2) is 29.6 Å². The maximum Gasteiger partial charge on any atom is 0.251 e. The summed E-state index contributed by atoms with van der Waals surface area (Å²) in [5.41, 5.74) is 1.98. The first-order chi connectivity index (χ1) is 10.1. The van der Waals surface area contributed by atoms with Gasteiger partial charge in [-0.25, -0.2) is 0 Å². The molecular formula is C17H26N2O3. The molecule has 5 heteroatoms. The first-order valence-corrected chi connectivity index (χ1v) is 7.42. The van der Waals surface area contributed by atoms with Crippen molar-refractivity contribution in [1.29, 1.82) is 0 Å². The molecule has 1 atom stereocenters. The number of amides is 2. The van der Waals surface area contributed by atoms with Gasteiger partial charge in [-0.05, 0) is 36.5 Å². The van der Waals surface area contributed by atoms with E-state index in [9.17, 15) is 14.7 Å². The van der Waals surface area contributed by atoms with Crippen molar-refractivity contribution in [3.63, 3.8) is 0 Å². The van der Waals surface area contributed by atoms with Gasteiger partial charge >= 0.3 is 0 Å². The monoisotopic (exact) mass is 306 g/mol. The SMILES string of the molecule is CC(=O)Nc1cc(C(=O)NC(CO)CC(C)(C)C)ccc1C. The van der Waals surface area contributed by atoms with Gasteiger partial charge in [-0.15, -0.1) is 0 Å². The van der Waals surface area contributed by atoms with Crippen LogP contribution in [0.4, 0.5) is 5.69 Å². The number of carbonyl (C=O) groups excluding carboxylic acids is 2. The Hall–Kier alpha value is -1.88. The normalized spacial score (nSPS) is 12.6. The summed E-state index contributed by atoms with van der Waals surface area (Å²) in [5, 5.41) is 15.0. The van der Waals surface area contributed by atoms with Crippen LogP contribution >= 0.6 is 0 Å². The van der Waals surface area contributed by atoms with E-state index in [2.05, 4.69) is 31.4 Å². The Kier molecular flexibility index (Phi) is 6.11. The molecular weight excluding hydrogens is 280 g/mol. The van der Waals surface area contributed by atoms with Crippen molar-refractivity contribution in [1.82, 2.24) is 5.32 Å². The Labute approximate surface area is 132 Å². The highest BCUT2D eigenvalue weighted by atomic mass is 16.3. The zero-order valence-corrected chi connectivity index (χ0v) is 14.0. The maximum atomic E-state index is 12.3. The average Bonchev–Trinajstić information content (AvgIpc) is 2.38. The van der Waals surface area contributed by atoms with E-state index in [1.165, 1.54) is 6.92 Å². The number of aliphatic hydroxyl groups is 1. The molecule has 1 aromatic carbocycles. The van der Waals surface area contributed by atoms with E-state index in [4.69, 9.17) is 0 Å². The third kappa shape index (κ3) is 5.85. The van der Waals surface area contributed by atoms with Gasteiger partial charge in [0, 0.05) is 18.2 Å². The molecule has 22 heavy (non-hydrogen) atoms. The van der Waals surface area contributed by atoms with Gasteiger partial charge in [0.05, 0.1) is 12.6 Å². The van der Waals surface area contributed by atoms with Crippen molar-refractivity contribution in [2.45, 2.75) is 47.1 Å². The lowest BCUT2D eigenvalue weighted by Crippen LogP contribution is -2.40. The number of carbonyl (C=O) groups is 2. The fraction of sp³-hybridized carbons (Fsp3) is 0.529. The van der Waals surface area contributed by atoms with Crippen LogP contribution in [0.2, 0.25) is 0 Å². The topological polar surface area (TPSA) is 78.4 Å². The smallest absolute Gasteiger partial charge is 0.251 e. The second-order valence-corrected chi connectivity index (χ2v) is 6.83. The first kappa shape index (κ1) is 18.2. The largest absolute Gasteiger partial charge is 0.394 e. The molecule has 5 nitrogen and oxygen atoms in total. The van der Waals surface area contributed by atoms with Crippen LogP contribution < -0.4 is 10.6 Å². The van der Waals surface area contributed by atoms with Crippen LogP contribution in [0.1, 0.15) is 50.0 Å². The molecule has 0 fully saturated rings. The minimum atomic E-state index is -0.294. The van der Waals surface area contributed by atoms with E-state index in [-0.39, 0.29) is 29.9 Å². The lowest BCUT2D eigenvalue weighted by Gasteiger charge is -2.25. The van der Waals surface area contributed by atoms with Gasteiger partial charge < -0.3 is 15.7 Å². The fourth-order valence-electron chi connectivity index (χ4n) is 2.26. The number of benzene rings is 1. The van der Waals surface area contributed by atoms with E-state index < -0.39 is 0 Å². The van der Waals surface area contributed by atoms with Gasteiger partial charge in [-0.3, -0.25) is 9.59 Å². The number of nitrogens with one attached hydrogen (secondary N) is 2. The Balaban J connectivity index is 2.86. The first-order valence-electron chi connectivity index (χ1n) is 7.42. The number of rotatable bonds is 5. The molecule has 0 aliphatic heterocycles. The Morgan fingerprint density at radius 3 is 2.41 bits per heavy atom. The number of aryl methyl sites for hydroxylation is 1. The molecule has 0 saturated heterocycles. The Morgan fingerprint density at radius 2 is 1.91 bits per heavy atom.